The quantitative estimate of drug-likeness (QED) is 0.353. The third-order valence-electron chi connectivity index (χ3n) is 3.99. The van der Waals surface area contributed by atoms with Gasteiger partial charge in [0, 0.05) is 5.02 Å². The fourth-order valence-electron chi connectivity index (χ4n) is 2.75. The van der Waals surface area contributed by atoms with Gasteiger partial charge in [-0.2, -0.15) is 9.97 Å². The van der Waals surface area contributed by atoms with Crippen molar-refractivity contribution in [2.24, 2.45) is 0 Å². The van der Waals surface area contributed by atoms with Crippen LogP contribution in [0, 0.1) is 0 Å². The van der Waals surface area contributed by atoms with Gasteiger partial charge in [-0.3, -0.25) is 9.59 Å². The third-order valence-corrected chi connectivity index (χ3v) is 5.41. The summed E-state index contributed by atoms with van der Waals surface area (Å²) in [5.41, 5.74) is -1.18. The third kappa shape index (κ3) is 3.89. The van der Waals surface area contributed by atoms with Crippen LogP contribution in [0.1, 0.15) is 22.6 Å². The second kappa shape index (κ2) is 8.29. The lowest BCUT2D eigenvalue weighted by molar-refractivity contribution is 0.424. The first kappa shape index (κ1) is 20.3. The molecule has 0 saturated heterocycles. The second-order valence-corrected chi connectivity index (χ2v) is 7.64. The topological polar surface area (TPSA) is 132 Å². The van der Waals surface area contributed by atoms with Crippen molar-refractivity contribution >= 4 is 35.1 Å². The normalized spacial score (nSPS) is 11.1. The zero-order chi connectivity index (χ0) is 20.4. The molecule has 4 N–H and O–H groups in total. The number of hydrogen-bond donors (Lipinski definition) is 4. The monoisotopic (exact) mass is 438 g/mol. The van der Waals surface area contributed by atoms with Crippen molar-refractivity contribution in [2.75, 3.05) is 12.5 Å². The minimum Gasteiger partial charge on any atom is -0.493 e. The van der Waals surface area contributed by atoms with Crippen molar-refractivity contribution < 1.29 is 10.2 Å². The number of nitrogens with zero attached hydrogens (tertiary/aromatic N) is 2. The van der Waals surface area contributed by atoms with Gasteiger partial charge in [0.2, 0.25) is 11.8 Å². The predicted octanol–water partition coefficient (Wildman–Crippen LogP) is 2.54. The maximum Gasteiger partial charge on any atom is 0.259 e. The van der Waals surface area contributed by atoms with Gasteiger partial charge < -0.3 is 20.2 Å². The van der Waals surface area contributed by atoms with Crippen molar-refractivity contribution in [3.8, 4) is 11.8 Å². The molecule has 0 bridgehead atoms. The molecular weight excluding hydrogens is 424 g/mol. The number of hydrogen-bond acceptors (Lipinski definition) is 8. The highest BCUT2D eigenvalue weighted by atomic mass is 35.5. The SMILES string of the molecule is CSc1nc(O)c(C(c2ccc(Cl)cc2)c2c(O)nc(SC)[nH]c2=O)c(=O)[nH]1. The van der Waals surface area contributed by atoms with Gasteiger partial charge in [0.05, 0.1) is 17.0 Å². The van der Waals surface area contributed by atoms with Crippen molar-refractivity contribution in [3.63, 3.8) is 0 Å². The Morgan fingerprint density at radius 3 is 1.68 bits per heavy atom. The number of aromatic hydroxyl groups is 2. The van der Waals surface area contributed by atoms with Crippen molar-refractivity contribution in [1.82, 2.24) is 19.9 Å². The number of thioether (sulfide) groups is 2. The second-order valence-electron chi connectivity index (χ2n) is 5.61. The highest BCUT2D eigenvalue weighted by Crippen LogP contribution is 2.36. The summed E-state index contributed by atoms with van der Waals surface area (Å²) in [4.78, 5) is 38.4. The van der Waals surface area contributed by atoms with Crippen LogP contribution >= 0.6 is 35.1 Å². The molecule has 0 saturated carbocycles. The summed E-state index contributed by atoms with van der Waals surface area (Å²) in [6.45, 7) is 0. The van der Waals surface area contributed by atoms with Gasteiger partial charge in [-0.25, -0.2) is 0 Å². The first-order valence-electron chi connectivity index (χ1n) is 7.85. The smallest absolute Gasteiger partial charge is 0.259 e. The van der Waals surface area contributed by atoms with E-state index in [1.165, 1.54) is 0 Å². The Morgan fingerprint density at radius 2 is 1.32 bits per heavy atom. The molecule has 146 valence electrons. The summed E-state index contributed by atoms with van der Waals surface area (Å²) in [7, 11) is 0. The van der Waals surface area contributed by atoms with E-state index in [2.05, 4.69) is 19.9 Å². The fourth-order valence-corrected chi connectivity index (χ4v) is 3.62. The van der Waals surface area contributed by atoms with Gasteiger partial charge in [0.25, 0.3) is 11.1 Å². The minimum absolute atomic E-state index is 0.181. The number of halogens is 1. The molecule has 0 aliphatic carbocycles. The predicted molar refractivity (Wildman–Crippen MR) is 109 cm³/mol. The van der Waals surface area contributed by atoms with E-state index in [4.69, 9.17) is 11.6 Å². The summed E-state index contributed by atoms with van der Waals surface area (Å²) in [6.07, 6.45) is 3.38. The molecule has 0 aliphatic heterocycles. The zero-order valence-electron chi connectivity index (χ0n) is 14.7. The van der Waals surface area contributed by atoms with Crippen LogP contribution in [0.2, 0.25) is 5.02 Å². The van der Waals surface area contributed by atoms with Crippen LogP contribution in [0.15, 0.2) is 44.2 Å². The van der Waals surface area contributed by atoms with Gasteiger partial charge in [0.15, 0.2) is 10.3 Å². The molecule has 1 aromatic carbocycles. The average Bonchev–Trinajstić information content (AvgIpc) is 2.66. The molecular formula is C17H15ClN4O4S2. The van der Waals surface area contributed by atoms with E-state index in [0.717, 1.165) is 23.5 Å². The molecule has 28 heavy (non-hydrogen) atoms. The molecule has 0 radical (unpaired) electrons. The van der Waals surface area contributed by atoms with Crippen LogP contribution < -0.4 is 11.1 Å². The number of H-pyrrole nitrogens is 2. The number of aromatic amines is 2. The number of benzene rings is 1. The largest absolute Gasteiger partial charge is 0.493 e. The van der Waals surface area contributed by atoms with Gasteiger partial charge in [0.1, 0.15) is 0 Å². The van der Waals surface area contributed by atoms with E-state index in [-0.39, 0.29) is 21.4 Å². The number of nitrogens with one attached hydrogen (secondary N) is 2. The summed E-state index contributed by atoms with van der Waals surface area (Å²) >= 11 is 8.24. The maximum absolute atomic E-state index is 12.7. The first-order chi connectivity index (χ1) is 13.3. The van der Waals surface area contributed by atoms with E-state index in [0.29, 0.717) is 10.6 Å². The molecule has 0 spiro atoms. The highest BCUT2D eigenvalue weighted by molar-refractivity contribution is 7.98. The van der Waals surface area contributed by atoms with E-state index in [9.17, 15) is 19.8 Å². The molecule has 3 aromatic rings. The Balaban J connectivity index is 2.34. The molecule has 0 amide bonds. The van der Waals surface area contributed by atoms with E-state index in [1.807, 2.05) is 0 Å². The minimum atomic E-state index is -1.11. The fraction of sp³-hybridized carbons (Fsp3) is 0.176. The Hall–Kier alpha value is -2.43. The van der Waals surface area contributed by atoms with Gasteiger partial charge in [-0.15, -0.1) is 0 Å². The van der Waals surface area contributed by atoms with Crippen LogP contribution in [0.5, 0.6) is 11.8 Å². The molecule has 0 unspecified atom stereocenters. The molecule has 2 aromatic heterocycles. The Morgan fingerprint density at radius 1 is 0.893 bits per heavy atom. The van der Waals surface area contributed by atoms with E-state index < -0.39 is 28.8 Å². The number of aromatic nitrogens is 4. The Bertz CT molecular complexity index is 1060. The van der Waals surface area contributed by atoms with Crippen LogP contribution in [-0.4, -0.2) is 42.7 Å². The van der Waals surface area contributed by atoms with Crippen molar-refractivity contribution in [1.29, 1.82) is 0 Å². The molecule has 8 nitrogen and oxygen atoms in total. The zero-order valence-corrected chi connectivity index (χ0v) is 17.1. The number of rotatable bonds is 5. The van der Waals surface area contributed by atoms with Crippen LogP contribution in [-0.2, 0) is 0 Å². The highest BCUT2D eigenvalue weighted by Gasteiger charge is 2.30. The van der Waals surface area contributed by atoms with Crippen LogP contribution in [0.25, 0.3) is 0 Å². The van der Waals surface area contributed by atoms with Crippen molar-refractivity contribution in [3.05, 3.63) is 66.7 Å². The standard InChI is InChI=1S/C17H15ClN4O4S2/c1-27-16-19-12(23)10(13(24)20-16)9(7-3-5-8(18)6-4-7)11-14(25)21-17(28-2)22-15(11)26/h3-6,9H,1-2H3,(H2,19,20,23,24)(H2,21,22,25,26). The van der Waals surface area contributed by atoms with Crippen LogP contribution in [0.4, 0.5) is 0 Å². The maximum atomic E-state index is 12.7. The van der Waals surface area contributed by atoms with E-state index in [1.54, 1.807) is 36.8 Å². The molecule has 0 fully saturated rings. The summed E-state index contributed by atoms with van der Waals surface area (Å²) < 4.78 is 0. The molecule has 11 heteroatoms. The van der Waals surface area contributed by atoms with Crippen molar-refractivity contribution in [2.45, 2.75) is 16.2 Å². The lowest BCUT2D eigenvalue weighted by atomic mass is 9.87. The summed E-state index contributed by atoms with van der Waals surface area (Å²) in [6, 6.07) is 6.34. The lowest BCUT2D eigenvalue weighted by Crippen LogP contribution is -2.25. The van der Waals surface area contributed by atoms with Crippen LogP contribution in [0.3, 0.4) is 0 Å². The first-order valence-corrected chi connectivity index (χ1v) is 10.7. The Labute approximate surface area is 172 Å². The lowest BCUT2D eigenvalue weighted by Gasteiger charge is -2.18. The summed E-state index contributed by atoms with van der Waals surface area (Å²) in [5, 5.41) is 21.8. The Kier molecular flexibility index (Phi) is 6.01. The molecule has 2 heterocycles. The van der Waals surface area contributed by atoms with Gasteiger partial charge in [-0.05, 0) is 30.2 Å². The molecule has 0 aliphatic rings. The molecule has 0 atom stereocenters. The van der Waals surface area contributed by atoms with Gasteiger partial charge >= 0.3 is 0 Å². The van der Waals surface area contributed by atoms with E-state index >= 15 is 0 Å². The van der Waals surface area contributed by atoms with Gasteiger partial charge in [-0.1, -0.05) is 47.3 Å². The average molecular weight is 439 g/mol. The molecule has 3 rings (SSSR count). The summed E-state index contributed by atoms with van der Waals surface area (Å²) in [5.74, 6) is -2.20.